The van der Waals surface area contributed by atoms with Crippen LogP contribution in [0.15, 0.2) is 42.5 Å². The molecule has 5 heteroatoms. The van der Waals surface area contributed by atoms with Crippen LogP contribution in [0.4, 0.5) is 0 Å². The van der Waals surface area contributed by atoms with Crippen LogP contribution in [0.5, 0.6) is 0 Å². The Kier molecular flexibility index (Phi) is 3.86. The zero-order valence-electron chi connectivity index (χ0n) is 12.4. The van der Waals surface area contributed by atoms with Crippen molar-refractivity contribution in [1.29, 1.82) is 0 Å². The molecule has 0 saturated carbocycles. The Morgan fingerprint density at radius 2 is 2.05 bits per heavy atom. The lowest BCUT2D eigenvalue weighted by Gasteiger charge is -2.07. The van der Waals surface area contributed by atoms with Gasteiger partial charge in [-0.3, -0.25) is 9.48 Å². The Morgan fingerprint density at radius 1 is 1.27 bits per heavy atom. The summed E-state index contributed by atoms with van der Waals surface area (Å²) < 4.78 is 1.86. The molecule has 0 bridgehead atoms. The monoisotopic (exact) mass is 313 g/mol. The molecular formula is C17H16ClN3O. The highest BCUT2D eigenvalue weighted by Gasteiger charge is 2.16. The lowest BCUT2D eigenvalue weighted by molar-refractivity contribution is 0.0959. The summed E-state index contributed by atoms with van der Waals surface area (Å²) in [6, 6.07) is 13.5. The number of carbonyl (C=O) groups excluding carboxylic acids is 1. The van der Waals surface area contributed by atoms with Crippen molar-refractivity contribution >= 4 is 28.4 Å². The molecule has 0 radical (unpaired) electrons. The van der Waals surface area contributed by atoms with Gasteiger partial charge in [0.05, 0.1) is 12.1 Å². The average Bonchev–Trinajstić information content (AvgIpc) is 2.88. The van der Waals surface area contributed by atoms with E-state index in [2.05, 4.69) is 10.4 Å². The number of nitrogens with one attached hydrogen (secondary N) is 1. The minimum atomic E-state index is -0.178. The molecule has 0 aliphatic carbocycles. The summed E-state index contributed by atoms with van der Waals surface area (Å²) in [6.45, 7) is 2.62. The molecule has 0 fully saturated rings. The SMILES string of the molecule is CNC(=O)c1nn(Cc2ccc(Cl)cc2C)c2ccccc12. The van der Waals surface area contributed by atoms with Gasteiger partial charge in [-0.05, 0) is 36.2 Å². The van der Waals surface area contributed by atoms with Crippen LogP contribution in [0.3, 0.4) is 0 Å². The van der Waals surface area contributed by atoms with Crippen molar-refractivity contribution in [2.24, 2.45) is 0 Å². The molecule has 22 heavy (non-hydrogen) atoms. The summed E-state index contributed by atoms with van der Waals surface area (Å²) >= 11 is 6.00. The first-order valence-electron chi connectivity index (χ1n) is 7.03. The number of aromatic nitrogens is 2. The van der Waals surface area contributed by atoms with Gasteiger partial charge in [0.1, 0.15) is 0 Å². The van der Waals surface area contributed by atoms with Gasteiger partial charge in [-0.1, -0.05) is 35.9 Å². The highest BCUT2D eigenvalue weighted by molar-refractivity contribution is 6.30. The predicted octanol–water partition coefficient (Wildman–Crippen LogP) is 3.41. The van der Waals surface area contributed by atoms with Crippen LogP contribution < -0.4 is 5.32 Å². The van der Waals surface area contributed by atoms with Crippen LogP contribution in [-0.4, -0.2) is 22.7 Å². The van der Waals surface area contributed by atoms with Crippen molar-refractivity contribution in [3.05, 3.63) is 64.3 Å². The van der Waals surface area contributed by atoms with Crippen LogP contribution in [0.25, 0.3) is 10.9 Å². The van der Waals surface area contributed by atoms with Crippen LogP contribution >= 0.6 is 11.6 Å². The molecule has 0 spiro atoms. The lowest BCUT2D eigenvalue weighted by atomic mass is 10.1. The Labute approximate surface area is 133 Å². The Bertz CT molecular complexity index is 854. The van der Waals surface area contributed by atoms with E-state index < -0.39 is 0 Å². The number of halogens is 1. The number of hydrogen-bond acceptors (Lipinski definition) is 2. The van der Waals surface area contributed by atoms with Crippen molar-refractivity contribution in [2.45, 2.75) is 13.5 Å². The Balaban J connectivity index is 2.09. The second-order valence-corrected chi connectivity index (χ2v) is 5.61. The van der Waals surface area contributed by atoms with Crippen LogP contribution in [0, 0.1) is 6.92 Å². The molecule has 1 heterocycles. The van der Waals surface area contributed by atoms with E-state index in [0.717, 1.165) is 27.1 Å². The van der Waals surface area contributed by atoms with E-state index in [0.29, 0.717) is 12.2 Å². The maximum atomic E-state index is 12.0. The van der Waals surface area contributed by atoms with Crippen molar-refractivity contribution in [1.82, 2.24) is 15.1 Å². The van der Waals surface area contributed by atoms with Gasteiger partial charge >= 0.3 is 0 Å². The minimum Gasteiger partial charge on any atom is -0.354 e. The molecule has 2 aromatic carbocycles. The number of nitrogens with zero attached hydrogens (tertiary/aromatic N) is 2. The van der Waals surface area contributed by atoms with E-state index in [4.69, 9.17) is 11.6 Å². The number of hydrogen-bond donors (Lipinski definition) is 1. The molecule has 112 valence electrons. The van der Waals surface area contributed by atoms with E-state index in [1.54, 1.807) is 7.05 Å². The number of rotatable bonds is 3. The maximum Gasteiger partial charge on any atom is 0.272 e. The van der Waals surface area contributed by atoms with E-state index in [1.165, 1.54) is 0 Å². The highest BCUT2D eigenvalue weighted by Crippen LogP contribution is 2.21. The molecular weight excluding hydrogens is 298 g/mol. The summed E-state index contributed by atoms with van der Waals surface area (Å²) in [4.78, 5) is 12.0. The van der Waals surface area contributed by atoms with Gasteiger partial charge in [0.25, 0.3) is 5.91 Å². The number of fused-ring (bicyclic) bond motifs is 1. The molecule has 4 nitrogen and oxygen atoms in total. The van der Waals surface area contributed by atoms with Crippen molar-refractivity contribution in [2.75, 3.05) is 7.05 Å². The van der Waals surface area contributed by atoms with Gasteiger partial charge in [-0.15, -0.1) is 0 Å². The van der Waals surface area contributed by atoms with Crippen molar-refractivity contribution in [3.8, 4) is 0 Å². The van der Waals surface area contributed by atoms with Gasteiger partial charge in [0.2, 0.25) is 0 Å². The Hall–Kier alpha value is -2.33. The van der Waals surface area contributed by atoms with Gasteiger partial charge in [-0.25, -0.2) is 0 Å². The smallest absolute Gasteiger partial charge is 0.272 e. The molecule has 0 unspecified atom stereocenters. The van der Waals surface area contributed by atoms with Crippen LogP contribution in [-0.2, 0) is 6.54 Å². The third-order valence-corrected chi connectivity index (χ3v) is 3.96. The maximum absolute atomic E-state index is 12.0. The molecule has 0 saturated heterocycles. The molecule has 1 N–H and O–H groups in total. The van der Waals surface area contributed by atoms with Crippen molar-refractivity contribution < 1.29 is 4.79 Å². The largest absolute Gasteiger partial charge is 0.354 e. The van der Waals surface area contributed by atoms with Crippen LogP contribution in [0.2, 0.25) is 5.02 Å². The Morgan fingerprint density at radius 3 is 2.77 bits per heavy atom. The fourth-order valence-corrected chi connectivity index (χ4v) is 2.76. The molecule has 0 aliphatic rings. The van der Waals surface area contributed by atoms with E-state index in [-0.39, 0.29) is 5.91 Å². The van der Waals surface area contributed by atoms with Gasteiger partial charge in [0.15, 0.2) is 5.69 Å². The van der Waals surface area contributed by atoms with E-state index in [9.17, 15) is 4.79 Å². The molecule has 3 rings (SSSR count). The summed E-state index contributed by atoms with van der Waals surface area (Å²) in [6.07, 6.45) is 0. The summed E-state index contributed by atoms with van der Waals surface area (Å²) in [7, 11) is 1.61. The summed E-state index contributed by atoms with van der Waals surface area (Å²) in [5.74, 6) is -0.178. The van der Waals surface area contributed by atoms with E-state index >= 15 is 0 Å². The van der Waals surface area contributed by atoms with Gasteiger partial charge in [0, 0.05) is 17.5 Å². The third kappa shape index (κ3) is 2.57. The second kappa shape index (κ2) is 5.81. The van der Waals surface area contributed by atoms with Crippen molar-refractivity contribution in [3.63, 3.8) is 0 Å². The first kappa shape index (κ1) is 14.6. The molecule has 1 amide bonds. The summed E-state index contributed by atoms with van der Waals surface area (Å²) in [5, 5.41) is 8.70. The van der Waals surface area contributed by atoms with E-state index in [1.807, 2.05) is 54.1 Å². The number of carbonyl (C=O) groups is 1. The summed E-state index contributed by atoms with van der Waals surface area (Å²) in [5.41, 5.74) is 3.62. The first-order chi connectivity index (χ1) is 10.6. The second-order valence-electron chi connectivity index (χ2n) is 5.17. The first-order valence-corrected chi connectivity index (χ1v) is 7.40. The van der Waals surface area contributed by atoms with Gasteiger partial charge < -0.3 is 5.32 Å². The quantitative estimate of drug-likeness (QED) is 0.805. The average molecular weight is 314 g/mol. The molecule has 1 aromatic heterocycles. The normalized spacial score (nSPS) is 10.9. The predicted molar refractivity (Wildman–Crippen MR) is 88.4 cm³/mol. The topological polar surface area (TPSA) is 46.9 Å². The third-order valence-electron chi connectivity index (χ3n) is 3.72. The number of benzene rings is 2. The molecule has 0 atom stereocenters. The fourth-order valence-electron chi connectivity index (χ4n) is 2.53. The lowest BCUT2D eigenvalue weighted by Crippen LogP contribution is -2.19. The highest BCUT2D eigenvalue weighted by atomic mass is 35.5. The number of para-hydroxylation sites is 1. The molecule has 0 aliphatic heterocycles. The van der Waals surface area contributed by atoms with Crippen LogP contribution in [0.1, 0.15) is 21.6 Å². The molecule has 3 aromatic rings. The zero-order valence-corrected chi connectivity index (χ0v) is 13.2. The fraction of sp³-hybridized carbons (Fsp3) is 0.176. The van der Waals surface area contributed by atoms with Gasteiger partial charge in [-0.2, -0.15) is 5.10 Å². The minimum absolute atomic E-state index is 0.178. The standard InChI is InChI=1S/C17H16ClN3O/c1-11-9-13(18)8-7-12(11)10-21-15-6-4-3-5-14(15)16(20-21)17(22)19-2/h3-9H,10H2,1-2H3,(H,19,22). The number of aryl methyl sites for hydroxylation is 1. The zero-order chi connectivity index (χ0) is 15.7. The number of amides is 1.